The predicted molar refractivity (Wildman–Crippen MR) is 145 cm³/mol. The summed E-state index contributed by atoms with van der Waals surface area (Å²) in [6, 6.07) is 20.0. The Hall–Kier alpha value is -2.87. The molecule has 0 spiro atoms. The minimum atomic E-state index is -0.293. The zero-order valence-electron chi connectivity index (χ0n) is 19.9. The molecular weight excluding hydrogens is 495 g/mol. The first-order valence-corrected chi connectivity index (χ1v) is 13.4. The first-order valence-electron chi connectivity index (χ1n) is 12.2. The van der Waals surface area contributed by atoms with Gasteiger partial charge in [-0.05, 0) is 66.6 Å². The van der Waals surface area contributed by atoms with Crippen LogP contribution in [0.3, 0.4) is 0 Å². The normalized spacial score (nSPS) is 19.9. The van der Waals surface area contributed by atoms with E-state index in [4.69, 9.17) is 11.6 Å². The summed E-state index contributed by atoms with van der Waals surface area (Å²) in [6.07, 6.45) is 4.56. The molecule has 2 aliphatic rings. The van der Waals surface area contributed by atoms with Crippen molar-refractivity contribution in [3.63, 3.8) is 0 Å². The van der Waals surface area contributed by atoms with E-state index in [9.17, 15) is 9.18 Å². The molecule has 0 N–H and O–H groups in total. The van der Waals surface area contributed by atoms with Crippen LogP contribution in [0.2, 0.25) is 5.02 Å². The zero-order valence-corrected chi connectivity index (χ0v) is 21.5. The summed E-state index contributed by atoms with van der Waals surface area (Å²) < 4.78 is 14.0. The van der Waals surface area contributed by atoms with Gasteiger partial charge in [-0.2, -0.15) is 0 Å². The lowest BCUT2D eigenvalue weighted by Gasteiger charge is -2.35. The molecule has 3 aromatic rings. The van der Waals surface area contributed by atoms with Gasteiger partial charge in [0, 0.05) is 43.9 Å². The monoisotopic (exact) mass is 522 g/mol. The average molecular weight is 523 g/mol. The summed E-state index contributed by atoms with van der Waals surface area (Å²) in [5, 5.41) is 0.376. The highest BCUT2D eigenvalue weighted by Crippen LogP contribution is 2.46. The lowest BCUT2D eigenvalue weighted by atomic mass is 10.1. The number of nitrogens with zero attached hydrogens (tertiary/aromatic N) is 4. The Morgan fingerprint density at radius 3 is 2.58 bits per heavy atom. The van der Waals surface area contributed by atoms with Crippen LogP contribution in [0.5, 0.6) is 0 Å². The van der Waals surface area contributed by atoms with Crippen molar-refractivity contribution in [3.8, 4) is 0 Å². The van der Waals surface area contributed by atoms with Gasteiger partial charge in [-0.15, -0.1) is 0 Å². The fourth-order valence-corrected chi connectivity index (χ4v) is 6.13. The number of piperazine rings is 1. The van der Waals surface area contributed by atoms with Crippen molar-refractivity contribution in [3.05, 3.63) is 99.8 Å². The van der Waals surface area contributed by atoms with Crippen LogP contribution in [-0.2, 0) is 4.79 Å². The second kappa shape index (κ2) is 11.5. The van der Waals surface area contributed by atoms with Crippen molar-refractivity contribution in [2.24, 2.45) is 0 Å². The summed E-state index contributed by atoms with van der Waals surface area (Å²) >= 11 is 7.61. The van der Waals surface area contributed by atoms with Gasteiger partial charge < -0.3 is 9.80 Å². The van der Waals surface area contributed by atoms with Gasteiger partial charge >= 0.3 is 0 Å². The number of rotatable bonds is 7. The molecule has 0 radical (unpaired) electrons. The Balaban J connectivity index is 1.24. The first-order chi connectivity index (χ1) is 17.6. The van der Waals surface area contributed by atoms with Crippen molar-refractivity contribution >= 4 is 41.2 Å². The van der Waals surface area contributed by atoms with E-state index < -0.39 is 0 Å². The molecule has 1 atom stereocenters. The number of hydrogen-bond acceptors (Lipinski definition) is 5. The maximum atomic E-state index is 14.0. The zero-order chi connectivity index (χ0) is 24.9. The molecule has 5 nitrogen and oxygen atoms in total. The quantitative estimate of drug-likeness (QED) is 0.372. The van der Waals surface area contributed by atoms with E-state index in [1.807, 2.05) is 65.7 Å². The molecule has 2 aromatic carbocycles. The Morgan fingerprint density at radius 1 is 1.00 bits per heavy atom. The molecule has 5 rings (SSSR count). The lowest BCUT2D eigenvalue weighted by Crippen LogP contribution is -2.47. The number of amides is 1. The van der Waals surface area contributed by atoms with Gasteiger partial charge in [0.15, 0.2) is 0 Å². The third-order valence-electron chi connectivity index (χ3n) is 6.49. The highest BCUT2D eigenvalue weighted by atomic mass is 35.5. The highest BCUT2D eigenvalue weighted by Gasteiger charge is 2.37. The van der Waals surface area contributed by atoms with Crippen molar-refractivity contribution in [2.75, 3.05) is 44.2 Å². The minimum Gasteiger partial charge on any atom is -0.354 e. The molecule has 2 fully saturated rings. The van der Waals surface area contributed by atoms with Gasteiger partial charge in [-0.1, -0.05) is 53.7 Å². The fraction of sp³-hybridized carbons (Fsp3) is 0.286. The van der Waals surface area contributed by atoms with E-state index in [1.54, 1.807) is 6.07 Å². The highest BCUT2D eigenvalue weighted by molar-refractivity contribution is 8.04. The molecule has 8 heteroatoms. The van der Waals surface area contributed by atoms with E-state index in [0.29, 0.717) is 16.5 Å². The van der Waals surface area contributed by atoms with Gasteiger partial charge in [0.2, 0.25) is 0 Å². The van der Waals surface area contributed by atoms with E-state index in [0.717, 1.165) is 56.1 Å². The maximum absolute atomic E-state index is 14.0. The molecular formula is C28H28ClFN4OS. The number of thioether (sulfide) groups is 1. The molecule has 186 valence electrons. The molecule has 2 saturated heterocycles. The van der Waals surface area contributed by atoms with Crippen LogP contribution in [0, 0.1) is 5.82 Å². The van der Waals surface area contributed by atoms with Crippen molar-refractivity contribution in [2.45, 2.75) is 11.8 Å². The summed E-state index contributed by atoms with van der Waals surface area (Å²) in [6.45, 7) is 5.33. The Labute approximate surface area is 220 Å². The number of carbonyl (C=O) groups excluding carboxylic acids is 1. The third kappa shape index (κ3) is 5.91. The van der Waals surface area contributed by atoms with E-state index in [1.165, 1.54) is 23.9 Å². The topological polar surface area (TPSA) is 39.7 Å². The van der Waals surface area contributed by atoms with Gasteiger partial charge in [-0.25, -0.2) is 9.37 Å². The largest absolute Gasteiger partial charge is 0.354 e. The van der Waals surface area contributed by atoms with Crippen LogP contribution < -0.4 is 4.90 Å². The van der Waals surface area contributed by atoms with Crippen LogP contribution in [-0.4, -0.2) is 60.0 Å². The second-order valence-corrected chi connectivity index (χ2v) is 10.5. The minimum absolute atomic E-state index is 0.0193. The van der Waals surface area contributed by atoms with E-state index >= 15 is 0 Å². The molecule has 0 saturated carbocycles. The number of hydrogen-bond donors (Lipinski definition) is 0. The van der Waals surface area contributed by atoms with Gasteiger partial charge in [0.1, 0.15) is 17.0 Å². The van der Waals surface area contributed by atoms with Gasteiger partial charge in [0.25, 0.3) is 5.91 Å². The molecule has 3 heterocycles. The smallest absolute Gasteiger partial charge is 0.261 e. The number of carbonyl (C=O) groups is 1. The molecule has 0 aliphatic carbocycles. The molecule has 1 amide bonds. The Kier molecular flexibility index (Phi) is 7.90. The number of pyridine rings is 1. The number of benzene rings is 2. The van der Waals surface area contributed by atoms with Crippen LogP contribution in [0.1, 0.15) is 22.9 Å². The Bertz CT molecular complexity index is 1230. The van der Waals surface area contributed by atoms with Crippen molar-refractivity contribution in [1.82, 2.24) is 14.8 Å². The summed E-state index contributed by atoms with van der Waals surface area (Å²) in [5.41, 5.74) is 1.68. The number of anilines is 1. The number of halogens is 2. The van der Waals surface area contributed by atoms with Crippen molar-refractivity contribution in [1.29, 1.82) is 0 Å². The Morgan fingerprint density at radius 2 is 1.83 bits per heavy atom. The summed E-state index contributed by atoms with van der Waals surface area (Å²) in [7, 11) is 0. The molecule has 0 bridgehead atoms. The number of aromatic nitrogens is 1. The summed E-state index contributed by atoms with van der Waals surface area (Å²) in [4.78, 5) is 25.2. The molecule has 1 unspecified atom stereocenters. The van der Waals surface area contributed by atoms with E-state index in [-0.39, 0.29) is 17.1 Å². The molecule has 36 heavy (non-hydrogen) atoms. The molecule has 2 aliphatic heterocycles. The average Bonchev–Trinajstić information content (AvgIpc) is 3.20. The standard InChI is InChI=1S/C28H28ClFN4OS/c29-23-8-3-6-21(18-23)19-25-27(35)34(28(36-25)22-7-4-9-24(30)20-22)13-5-12-32-14-16-33(17-15-32)26-10-1-2-11-31-26/h1-4,6-11,18-20,28H,5,12-17H2/b25-19+. The van der Waals surface area contributed by atoms with E-state index in [2.05, 4.69) is 14.8 Å². The van der Waals surface area contributed by atoms with Crippen LogP contribution >= 0.6 is 23.4 Å². The third-order valence-corrected chi connectivity index (χ3v) is 8.02. The van der Waals surface area contributed by atoms with Crippen LogP contribution in [0.25, 0.3) is 6.08 Å². The fourth-order valence-electron chi connectivity index (χ4n) is 4.66. The van der Waals surface area contributed by atoms with Crippen molar-refractivity contribution < 1.29 is 9.18 Å². The van der Waals surface area contributed by atoms with Crippen LogP contribution in [0.4, 0.5) is 10.2 Å². The predicted octanol–water partition coefficient (Wildman–Crippen LogP) is 5.70. The molecule has 1 aromatic heterocycles. The van der Waals surface area contributed by atoms with Crippen LogP contribution in [0.15, 0.2) is 77.8 Å². The second-order valence-electron chi connectivity index (χ2n) is 8.96. The maximum Gasteiger partial charge on any atom is 0.261 e. The van der Waals surface area contributed by atoms with Gasteiger partial charge in [-0.3, -0.25) is 9.69 Å². The lowest BCUT2D eigenvalue weighted by molar-refractivity contribution is -0.126. The SMILES string of the molecule is O=C1/C(=C\c2cccc(Cl)c2)SC(c2cccc(F)c2)N1CCCN1CCN(c2ccccn2)CC1. The van der Waals surface area contributed by atoms with Gasteiger partial charge in [0.05, 0.1) is 4.91 Å². The summed E-state index contributed by atoms with van der Waals surface area (Å²) in [5.74, 6) is 0.710. The first kappa shape index (κ1) is 24.8.